The van der Waals surface area contributed by atoms with Gasteiger partial charge in [-0.05, 0) is 31.2 Å². The van der Waals surface area contributed by atoms with Crippen LogP contribution < -0.4 is 5.43 Å². The molecule has 0 radical (unpaired) electrons. The van der Waals surface area contributed by atoms with Crippen LogP contribution in [0.2, 0.25) is 0 Å². The van der Waals surface area contributed by atoms with Crippen molar-refractivity contribution in [3.8, 4) is 0 Å². The maximum atomic E-state index is 5.51. The highest BCUT2D eigenvalue weighted by molar-refractivity contribution is 5.98. The van der Waals surface area contributed by atoms with Gasteiger partial charge in [-0.15, -0.1) is 0 Å². The van der Waals surface area contributed by atoms with Gasteiger partial charge in [0.15, 0.2) is 5.58 Å². The highest BCUT2D eigenvalue weighted by Crippen LogP contribution is 2.18. The lowest BCUT2D eigenvalue weighted by atomic mass is 10.2. The number of para-hydroxylation sites is 2. The highest BCUT2D eigenvalue weighted by atomic mass is 16.4. The number of fused-ring (bicyclic) bond motifs is 1. The third kappa shape index (κ3) is 2.44. The highest BCUT2D eigenvalue weighted by Gasteiger charge is 2.03. The van der Waals surface area contributed by atoms with E-state index in [1.54, 1.807) is 12.4 Å². The summed E-state index contributed by atoms with van der Waals surface area (Å²) >= 11 is 0. The zero-order valence-corrected chi connectivity index (χ0v) is 10.4. The van der Waals surface area contributed by atoms with Gasteiger partial charge in [0.2, 0.25) is 0 Å². The third-order valence-electron chi connectivity index (χ3n) is 2.71. The second-order valence-corrected chi connectivity index (χ2v) is 4.03. The molecular weight excluding hydrogens is 240 g/mol. The summed E-state index contributed by atoms with van der Waals surface area (Å²) in [4.78, 5) is 8.25. The zero-order valence-electron chi connectivity index (χ0n) is 10.4. The minimum atomic E-state index is 0.384. The van der Waals surface area contributed by atoms with E-state index >= 15 is 0 Å². The van der Waals surface area contributed by atoms with Crippen LogP contribution in [0.15, 0.2) is 58.3 Å². The molecule has 0 unspecified atom stereocenters. The molecule has 0 atom stereocenters. The SMILES string of the molecule is CC(=NNc1nc2ccccc2o1)c1ccncc1. The van der Waals surface area contributed by atoms with E-state index in [0.29, 0.717) is 6.01 Å². The topological polar surface area (TPSA) is 63.3 Å². The van der Waals surface area contributed by atoms with Crippen LogP contribution in [0.3, 0.4) is 0 Å². The van der Waals surface area contributed by atoms with Crippen molar-refractivity contribution in [2.24, 2.45) is 5.10 Å². The van der Waals surface area contributed by atoms with Gasteiger partial charge in [-0.1, -0.05) is 12.1 Å². The van der Waals surface area contributed by atoms with Crippen LogP contribution in [0.1, 0.15) is 12.5 Å². The molecule has 5 heteroatoms. The molecule has 1 N–H and O–H groups in total. The number of aromatic nitrogens is 2. The number of hydrogen-bond donors (Lipinski definition) is 1. The summed E-state index contributed by atoms with van der Waals surface area (Å²) in [5.41, 5.74) is 6.20. The van der Waals surface area contributed by atoms with E-state index in [4.69, 9.17) is 4.42 Å². The number of oxazole rings is 1. The fourth-order valence-electron chi connectivity index (χ4n) is 1.71. The van der Waals surface area contributed by atoms with Crippen molar-refractivity contribution in [2.75, 3.05) is 5.43 Å². The van der Waals surface area contributed by atoms with E-state index in [1.807, 2.05) is 43.3 Å². The molecule has 3 rings (SSSR count). The molecular formula is C14H12N4O. The Hall–Kier alpha value is -2.69. The van der Waals surface area contributed by atoms with Crippen molar-refractivity contribution in [3.63, 3.8) is 0 Å². The predicted octanol–water partition coefficient (Wildman–Crippen LogP) is 3.06. The molecule has 0 aliphatic rings. The molecule has 94 valence electrons. The number of benzene rings is 1. The van der Waals surface area contributed by atoms with Crippen molar-refractivity contribution in [1.29, 1.82) is 0 Å². The summed E-state index contributed by atoms with van der Waals surface area (Å²) in [6.45, 7) is 1.91. The summed E-state index contributed by atoms with van der Waals surface area (Å²) < 4.78 is 5.51. The number of anilines is 1. The molecule has 0 saturated carbocycles. The quantitative estimate of drug-likeness (QED) is 0.574. The van der Waals surface area contributed by atoms with Gasteiger partial charge in [-0.25, -0.2) is 5.43 Å². The maximum Gasteiger partial charge on any atom is 0.316 e. The van der Waals surface area contributed by atoms with Crippen molar-refractivity contribution < 1.29 is 4.42 Å². The monoisotopic (exact) mass is 252 g/mol. The van der Waals surface area contributed by atoms with E-state index in [0.717, 1.165) is 22.4 Å². The van der Waals surface area contributed by atoms with E-state index in [-0.39, 0.29) is 0 Å². The molecule has 2 heterocycles. The predicted molar refractivity (Wildman–Crippen MR) is 74.1 cm³/mol. The van der Waals surface area contributed by atoms with Crippen LogP contribution in [0.25, 0.3) is 11.1 Å². The van der Waals surface area contributed by atoms with Crippen LogP contribution >= 0.6 is 0 Å². The molecule has 2 aromatic heterocycles. The van der Waals surface area contributed by atoms with Gasteiger partial charge < -0.3 is 4.42 Å². The smallest absolute Gasteiger partial charge is 0.316 e. The van der Waals surface area contributed by atoms with Gasteiger partial charge in [-0.3, -0.25) is 4.98 Å². The van der Waals surface area contributed by atoms with E-state index in [1.165, 1.54) is 0 Å². The fourth-order valence-corrected chi connectivity index (χ4v) is 1.71. The number of hydrazone groups is 1. The Balaban J connectivity index is 1.82. The van der Waals surface area contributed by atoms with Crippen molar-refractivity contribution in [3.05, 3.63) is 54.4 Å². The van der Waals surface area contributed by atoms with Gasteiger partial charge in [0.05, 0.1) is 5.71 Å². The van der Waals surface area contributed by atoms with Crippen molar-refractivity contribution in [2.45, 2.75) is 6.92 Å². The van der Waals surface area contributed by atoms with Gasteiger partial charge >= 0.3 is 6.01 Å². The van der Waals surface area contributed by atoms with Crippen LogP contribution in [0.5, 0.6) is 0 Å². The standard InChI is InChI=1S/C14H12N4O/c1-10(11-6-8-15-9-7-11)17-18-14-16-12-4-2-3-5-13(12)19-14/h2-9H,1H3,(H,16,18). The summed E-state index contributed by atoms with van der Waals surface area (Å²) in [6.07, 6.45) is 3.46. The first-order valence-corrected chi connectivity index (χ1v) is 5.89. The number of rotatable bonds is 3. The van der Waals surface area contributed by atoms with E-state index in [2.05, 4.69) is 20.5 Å². The Labute approximate surface area is 110 Å². The number of pyridine rings is 1. The average molecular weight is 252 g/mol. The van der Waals surface area contributed by atoms with Crippen LogP contribution in [-0.4, -0.2) is 15.7 Å². The number of nitrogens with one attached hydrogen (secondary N) is 1. The molecule has 19 heavy (non-hydrogen) atoms. The minimum Gasteiger partial charge on any atom is -0.422 e. The molecule has 5 nitrogen and oxygen atoms in total. The Kier molecular flexibility index (Phi) is 2.94. The van der Waals surface area contributed by atoms with Crippen LogP contribution in [0.4, 0.5) is 6.01 Å². The lowest BCUT2D eigenvalue weighted by molar-refractivity contribution is 0.617. The number of nitrogens with zero attached hydrogens (tertiary/aromatic N) is 3. The summed E-state index contributed by atoms with van der Waals surface area (Å²) in [5, 5.41) is 4.24. The number of hydrogen-bond acceptors (Lipinski definition) is 5. The van der Waals surface area contributed by atoms with E-state index in [9.17, 15) is 0 Å². The van der Waals surface area contributed by atoms with Gasteiger partial charge in [0, 0.05) is 18.0 Å². The first kappa shape index (κ1) is 11.4. The van der Waals surface area contributed by atoms with Gasteiger partial charge in [0.25, 0.3) is 0 Å². The van der Waals surface area contributed by atoms with Gasteiger partial charge in [0.1, 0.15) is 5.52 Å². The molecule has 0 fully saturated rings. The Morgan fingerprint density at radius 3 is 2.74 bits per heavy atom. The van der Waals surface area contributed by atoms with Crippen molar-refractivity contribution in [1.82, 2.24) is 9.97 Å². The molecule has 1 aromatic carbocycles. The van der Waals surface area contributed by atoms with Crippen LogP contribution in [0, 0.1) is 0 Å². The van der Waals surface area contributed by atoms with Crippen molar-refractivity contribution >= 4 is 22.8 Å². The first-order valence-electron chi connectivity index (χ1n) is 5.89. The lowest BCUT2D eigenvalue weighted by Crippen LogP contribution is -1.99. The molecule has 3 aromatic rings. The first-order chi connectivity index (χ1) is 9.33. The summed E-state index contributed by atoms with van der Waals surface area (Å²) in [6, 6.07) is 11.8. The second kappa shape index (κ2) is 4.89. The minimum absolute atomic E-state index is 0.384. The largest absolute Gasteiger partial charge is 0.422 e. The molecule has 0 spiro atoms. The van der Waals surface area contributed by atoms with E-state index < -0.39 is 0 Å². The van der Waals surface area contributed by atoms with Gasteiger partial charge in [-0.2, -0.15) is 10.1 Å². The van der Waals surface area contributed by atoms with Crippen LogP contribution in [-0.2, 0) is 0 Å². The molecule has 0 amide bonds. The fraction of sp³-hybridized carbons (Fsp3) is 0.0714. The maximum absolute atomic E-state index is 5.51. The lowest BCUT2D eigenvalue weighted by Gasteiger charge is -1.99. The Bertz CT molecular complexity index is 685. The Morgan fingerprint density at radius 1 is 1.16 bits per heavy atom. The summed E-state index contributed by atoms with van der Waals surface area (Å²) in [5.74, 6) is 0. The normalized spacial score (nSPS) is 11.7. The second-order valence-electron chi connectivity index (χ2n) is 4.03. The summed E-state index contributed by atoms with van der Waals surface area (Å²) in [7, 11) is 0. The molecule has 0 aliphatic carbocycles. The Morgan fingerprint density at radius 2 is 1.95 bits per heavy atom. The molecule has 0 bridgehead atoms. The third-order valence-corrected chi connectivity index (χ3v) is 2.71. The zero-order chi connectivity index (χ0) is 13.1. The average Bonchev–Trinajstić information content (AvgIpc) is 2.88. The molecule has 0 saturated heterocycles. The molecule has 0 aliphatic heterocycles.